The van der Waals surface area contributed by atoms with Gasteiger partial charge in [0.2, 0.25) is 0 Å². The molecule has 2 rings (SSSR count). The zero-order valence-electron chi connectivity index (χ0n) is 11.3. The Kier molecular flexibility index (Phi) is 3.49. The van der Waals surface area contributed by atoms with Gasteiger partial charge in [-0.3, -0.25) is 4.90 Å². The van der Waals surface area contributed by atoms with Gasteiger partial charge in [0.15, 0.2) is 0 Å². The fraction of sp³-hybridized carbons (Fsp3) is 0.833. The Balaban J connectivity index is 2.01. The lowest BCUT2D eigenvalue weighted by molar-refractivity contribution is 0.163. The molecule has 1 aromatic heterocycles. The Labute approximate surface area is 103 Å². The van der Waals surface area contributed by atoms with E-state index in [1.807, 2.05) is 4.68 Å². The van der Waals surface area contributed by atoms with Crippen molar-refractivity contribution in [2.24, 2.45) is 0 Å². The smallest absolute Gasteiger partial charge is 0.0967 e. The molecular weight excluding hydrogens is 214 g/mol. The van der Waals surface area contributed by atoms with E-state index < -0.39 is 0 Å². The second-order valence-corrected chi connectivity index (χ2v) is 5.85. The summed E-state index contributed by atoms with van der Waals surface area (Å²) in [7, 11) is 0. The predicted molar refractivity (Wildman–Crippen MR) is 67.8 cm³/mol. The zero-order chi connectivity index (χ0) is 12.5. The minimum Gasteiger partial charge on any atom is -0.314 e. The summed E-state index contributed by atoms with van der Waals surface area (Å²) in [6, 6.07) is 0.573. The van der Waals surface area contributed by atoms with Crippen LogP contribution in [-0.4, -0.2) is 45.6 Å². The molecule has 5 nitrogen and oxygen atoms in total. The molecule has 96 valence electrons. The van der Waals surface area contributed by atoms with E-state index in [4.69, 9.17) is 0 Å². The zero-order valence-corrected chi connectivity index (χ0v) is 11.3. The Morgan fingerprint density at radius 3 is 2.82 bits per heavy atom. The van der Waals surface area contributed by atoms with Crippen LogP contribution in [0, 0.1) is 0 Å². The lowest BCUT2D eigenvalue weighted by Gasteiger charge is -2.33. The highest BCUT2D eigenvalue weighted by Gasteiger charge is 2.20. The number of hydrogen-bond acceptors (Lipinski definition) is 4. The molecule has 2 heterocycles. The molecular formula is C12H23N5. The summed E-state index contributed by atoms with van der Waals surface area (Å²) in [5.41, 5.74) is 1.08. The van der Waals surface area contributed by atoms with Gasteiger partial charge in [-0.25, -0.2) is 4.68 Å². The number of rotatable bonds is 2. The topological polar surface area (TPSA) is 46.0 Å². The van der Waals surface area contributed by atoms with Crippen molar-refractivity contribution in [3.05, 3.63) is 11.9 Å². The van der Waals surface area contributed by atoms with Gasteiger partial charge in [-0.05, 0) is 27.7 Å². The first-order chi connectivity index (χ1) is 7.97. The van der Waals surface area contributed by atoms with E-state index in [1.165, 1.54) is 0 Å². The number of piperazine rings is 1. The Bertz CT molecular complexity index is 365. The van der Waals surface area contributed by atoms with Crippen LogP contribution >= 0.6 is 0 Å². The monoisotopic (exact) mass is 237 g/mol. The second kappa shape index (κ2) is 4.74. The maximum Gasteiger partial charge on any atom is 0.0967 e. The van der Waals surface area contributed by atoms with Gasteiger partial charge in [-0.2, -0.15) is 0 Å². The van der Waals surface area contributed by atoms with Crippen LogP contribution < -0.4 is 5.32 Å². The molecule has 0 aliphatic carbocycles. The van der Waals surface area contributed by atoms with E-state index in [2.05, 4.69) is 54.4 Å². The molecule has 0 bridgehead atoms. The third-order valence-electron chi connectivity index (χ3n) is 3.23. The standard InChI is InChI=1S/C12H23N5/c1-10-7-13-5-6-16(10)8-11-9-17(15-14-11)12(2,3)4/h9-10,13H,5-8H2,1-4H3/t10-/m1/s1. The van der Waals surface area contributed by atoms with Gasteiger partial charge >= 0.3 is 0 Å². The van der Waals surface area contributed by atoms with Crippen LogP contribution in [0.5, 0.6) is 0 Å². The van der Waals surface area contributed by atoms with E-state index in [0.717, 1.165) is 31.9 Å². The molecule has 5 heteroatoms. The Morgan fingerprint density at radius 2 is 2.24 bits per heavy atom. The minimum atomic E-state index is 0.0142. The quantitative estimate of drug-likeness (QED) is 0.827. The van der Waals surface area contributed by atoms with Gasteiger partial charge < -0.3 is 5.32 Å². The molecule has 0 saturated carbocycles. The van der Waals surface area contributed by atoms with Crippen molar-refractivity contribution in [1.29, 1.82) is 0 Å². The molecule has 1 N–H and O–H groups in total. The van der Waals surface area contributed by atoms with E-state index in [9.17, 15) is 0 Å². The molecule has 0 amide bonds. The van der Waals surface area contributed by atoms with Crippen molar-refractivity contribution in [1.82, 2.24) is 25.2 Å². The van der Waals surface area contributed by atoms with Crippen molar-refractivity contribution < 1.29 is 0 Å². The number of nitrogens with one attached hydrogen (secondary N) is 1. The maximum absolute atomic E-state index is 4.26. The van der Waals surface area contributed by atoms with Crippen LogP contribution in [0.2, 0.25) is 0 Å². The lowest BCUT2D eigenvalue weighted by Crippen LogP contribution is -2.49. The summed E-state index contributed by atoms with van der Waals surface area (Å²) < 4.78 is 1.94. The normalized spacial score (nSPS) is 22.9. The maximum atomic E-state index is 4.26. The molecule has 1 aromatic rings. The first kappa shape index (κ1) is 12.5. The van der Waals surface area contributed by atoms with Crippen molar-refractivity contribution in [2.45, 2.75) is 45.8 Å². The largest absolute Gasteiger partial charge is 0.314 e. The van der Waals surface area contributed by atoms with E-state index >= 15 is 0 Å². The molecule has 0 unspecified atom stereocenters. The first-order valence-electron chi connectivity index (χ1n) is 6.33. The lowest BCUT2D eigenvalue weighted by atomic mass is 10.1. The molecule has 0 aromatic carbocycles. The fourth-order valence-corrected chi connectivity index (χ4v) is 2.02. The van der Waals surface area contributed by atoms with Crippen LogP contribution in [0.3, 0.4) is 0 Å². The highest BCUT2D eigenvalue weighted by molar-refractivity contribution is 4.96. The molecule has 17 heavy (non-hydrogen) atoms. The van der Waals surface area contributed by atoms with E-state index in [1.54, 1.807) is 0 Å². The molecule has 1 fully saturated rings. The molecule has 1 aliphatic rings. The molecule has 1 aliphatic heterocycles. The summed E-state index contributed by atoms with van der Waals surface area (Å²) in [6.45, 7) is 12.8. The van der Waals surface area contributed by atoms with Gasteiger partial charge in [-0.1, -0.05) is 5.21 Å². The Morgan fingerprint density at radius 1 is 1.47 bits per heavy atom. The van der Waals surface area contributed by atoms with Crippen LogP contribution in [0.1, 0.15) is 33.4 Å². The van der Waals surface area contributed by atoms with Gasteiger partial charge in [0.05, 0.1) is 17.4 Å². The van der Waals surface area contributed by atoms with Crippen LogP contribution in [0.25, 0.3) is 0 Å². The third-order valence-corrected chi connectivity index (χ3v) is 3.23. The Hall–Kier alpha value is -0.940. The minimum absolute atomic E-state index is 0.0142. The van der Waals surface area contributed by atoms with Crippen LogP contribution in [-0.2, 0) is 12.1 Å². The van der Waals surface area contributed by atoms with Crippen LogP contribution in [0.15, 0.2) is 6.20 Å². The number of nitrogens with zero attached hydrogens (tertiary/aromatic N) is 4. The van der Waals surface area contributed by atoms with Crippen molar-refractivity contribution in [3.63, 3.8) is 0 Å². The molecule has 1 saturated heterocycles. The van der Waals surface area contributed by atoms with Gasteiger partial charge in [0, 0.05) is 32.2 Å². The molecule has 1 atom stereocenters. The van der Waals surface area contributed by atoms with E-state index in [-0.39, 0.29) is 5.54 Å². The SMILES string of the molecule is C[C@@H]1CNCCN1Cc1cn(C(C)(C)C)nn1. The summed E-state index contributed by atoms with van der Waals surface area (Å²) in [6.07, 6.45) is 2.06. The molecule has 0 radical (unpaired) electrons. The number of aromatic nitrogens is 3. The van der Waals surface area contributed by atoms with Gasteiger partial charge in [0.1, 0.15) is 0 Å². The number of hydrogen-bond donors (Lipinski definition) is 1. The average Bonchev–Trinajstić information content (AvgIpc) is 2.69. The average molecular weight is 237 g/mol. The first-order valence-corrected chi connectivity index (χ1v) is 6.33. The van der Waals surface area contributed by atoms with E-state index in [0.29, 0.717) is 6.04 Å². The van der Waals surface area contributed by atoms with Crippen LogP contribution in [0.4, 0.5) is 0 Å². The van der Waals surface area contributed by atoms with Gasteiger partial charge in [0.25, 0.3) is 0 Å². The second-order valence-electron chi connectivity index (χ2n) is 5.85. The summed E-state index contributed by atoms with van der Waals surface area (Å²) in [5.74, 6) is 0. The van der Waals surface area contributed by atoms with Gasteiger partial charge in [-0.15, -0.1) is 5.10 Å². The summed E-state index contributed by atoms with van der Waals surface area (Å²) in [4.78, 5) is 2.45. The predicted octanol–water partition coefficient (Wildman–Crippen LogP) is 0.827. The highest BCUT2D eigenvalue weighted by atomic mass is 15.4. The fourth-order valence-electron chi connectivity index (χ4n) is 2.02. The molecule has 0 spiro atoms. The van der Waals surface area contributed by atoms with Crippen molar-refractivity contribution >= 4 is 0 Å². The highest BCUT2D eigenvalue weighted by Crippen LogP contribution is 2.13. The summed E-state index contributed by atoms with van der Waals surface area (Å²) in [5, 5.41) is 11.9. The van der Waals surface area contributed by atoms with Crippen molar-refractivity contribution in [2.75, 3.05) is 19.6 Å². The van der Waals surface area contributed by atoms with Crippen molar-refractivity contribution in [3.8, 4) is 0 Å². The summed E-state index contributed by atoms with van der Waals surface area (Å²) >= 11 is 0. The third kappa shape index (κ3) is 3.04.